The van der Waals surface area contributed by atoms with E-state index in [1.54, 1.807) is 12.2 Å². The Morgan fingerprint density at radius 1 is 0.400 bits per heavy atom. The lowest BCUT2D eigenvalue weighted by molar-refractivity contribution is -0.110. The zero-order chi connectivity index (χ0) is 27.1. The van der Waals surface area contributed by atoms with Gasteiger partial charge >= 0.3 is 0 Å². The molecule has 192 valence electrons. The van der Waals surface area contributed by atoms with E-state index in [0.717, 1.165) is 22.3 Å². The maximum Gasteiger partial charge on any atom is 0.178 e. The van der Waals surface area contributed by atoms with Crippen molar-refractivity contribution in [1.82, 2.24) is 0 Å². The van der Waals surface area contributed by atoms with E-state index in [2.05, 4.69) is 109 Å². The molecule has 0 saturated heterocycles. The molecular formula is C39H30O. The molecule has 2 unspecified atom stereocenters. The van der Waals surface area contributed by atoms with E-state index in [1.807, 2.05) is 48.6 Å². The minimum absolute atomic E-state index is 0.0198. The molecule has 0 bridgehead atoms. The third-order valence-electron chi connectivity index (χ3n) is 7.49. The van der Waals surface area contributed by atoms with E-state index in [9.17, 15) is 4.79 Å². The number of hydrogen-bond donors (Lipinski definition) is 0. The van der Waals surface area contributed by atoms with E-state index >= 15 is 0 Å². The van der Waals surface area contributed by atoms with Gasteiger partial charge in [0.05, 0.1) is 0 Å². The maximum atomic E-state index is 13.2. The Morgan fingerprint density at radius 3 is 1.20 bits per heavy atom. The van der Waals surface area contributed by atoms with Gasteiger partial charge in [-0.15, -0.1) is 0 Å². The Morgan fingerprint density at radius 2 is 0.775 bits per heavy atom. The number of fused-ring (bicyclic) bond motifs is 2. The fraction of sp³-hybridized carbons (Fsp3) is 0.0513. The van der Waals surface area contributed by atoms with Gasteiger partial charge in [-0.3, -0.25) is 4.79 Å². The molecule has 6 aromatic carbocycles. The van der Waals surface area contributed by atoms with Gasteiger partial charge in [-0.25, -0.2) is 0 Å². The van der Waals surface area contributed by atoms with Crippen LogP contribution in [0.2, 0.25) is 0 Å². The Labute approximate surface area is 235 Å². The van der Waals surface area contributed by atoms with Gasteiger partial charge in [-0.2, -0.15) is 0 Å². The summed E-state index contributed by atoms with van der Waals surface area (Å²) < 4.78 is 0. The molecule has 0 aliphatic heterocycles. The molecule has 0 N–H and O–H groups in total. The van der Waals surface area contributed by atoms with E-state index < -0.39 is 0 Å². The van der Waals surface area contributed by atoms with Crippen LogP contribution in [0.3, 0.4) is 0 Å². The molecule has 40 heavy (non-hydrogen) atoms. The number of hydrogen-bond acceptors (Lipinski definition) is 1. The maximum absolute atomic E-state index is 13.2. The van der Waals surface area contributed by atoms with Crippen molar-refractivity contribution in [2.45, 2.75) is 11.8 Å². The summed E-state index contributed by atoms with van der Waals surface area (Å²) in [6.07, 6.45) is 7.48. The zero-order valence-electron chi connectivity index (χ0n) is 22.2. The first-order valence-corrected chi connectivity index (χ1v) is 13.7. The van der Waals surface area contributed by atoms with Crippen LogP contribution in [0.15, 0.2) is 170 Å². The molecule has 1 nitrogen and oxygen atoms in total. The molecule has 6 rings (SSSR count). The first kappa shape index (κ1) is 25.3. The van der Waals surface area contributed by atoms with Crippen molar-refractivity contribution in [2.75, 3.05) is 0 Å². The standard InChI is InChI=1S/C39H30O/c40-37(23-25-38(31-13-3-1-4-14-31)35-21-19-29-11-7-9-17-33(29)27-35)24-26-39(32-15-5-2-6-16-32)36-22-20-30-12-8-10-18-34(30)28-36/h1-28,38-39H. The van der Waals surface area contributed by atoms with Gasteiger partial charge in [-0.05, 0) is 56.0 Å². The Hall–Kier alpha value is -5.01. The predicted octanol–water partition coefficient (Wildman–Crippen LogP) is 9.64. The Balaban J connectivity index is 1.30. The van der Waals surface area contributed by atoms with E-state index in [-0.39, 0.29) is 17.6 Å². The van der Waals surface area contributed by atoms with Gasteiger partial charge in [-0.1, -0.05) is 158 Å². The highest BCUT2D eigenvalue weighted by molar-refractivity contribution is 5.99. The number of allylic oxidation sites excluding steroid dienone is 4. The van der Waals surface area contributed by atoms with Crippen LogP contribution >= 0.6 is 0 Å². The van der Waals surface area contributed by atoms with E-state index in [4.69, 9.17) is 0 Å². The van der Waals surface area contributed by atoms with Crippen LogP contribution in [0.25, 0.3) is 21.5 Å². The minimum atomic E-state index is -0.0246. The second kappa shape index (κ2) is 11.8. The number of benzene rings is 6. The van der Waals surface area contributed by atoms with Gasteiger partial charge in [0.1, 0.15) is 0 Å². The van der Waals surface area contributed by atoms with E-state index in [0.29, 0.717) is 0 Å². The molecule has 6 aromatic rings. The molecule has 0 saturated carbocycles. The van der Waals surface area contributed by atoms with Crippen molar-refractivity contribution in [3.63, 3.8) is 0 Å². The second-order valence-corrected chi connectivity index (χ2v) is 10.1. The SMILES string of the molecule is O=C(C=CC(c1ccccc1)c1ccc2ccccc2c1)C=CC(c1ccccc1)c1ccc2ccccc2c1. The molecule has 1 heteroatoms. The van der Waals surface area contributed by atoms with Gasteiger partial charge in [0.15, 0.2) is 5.78 Å². The van der Waals surface area contributed by atoms with Crippen molar-refractivity contribution in [3.8, 4) is 0 Å². The van der Waals surface area contributed by atoms with Crippen LogP contribution in [-0.4, -0.2) is 5.78 Å². The lowest BCUT2D eigenvalue weighted by Crippen LogP contribution is -2.01. The predicted molar refractivity (Wildman–Crippen MR) is 168 cm³/mol. The summed E-state index contributed by atoms with van der Waals surface area (Å²) >= 11 is 0. The second-order valence-electron chi connectivity index (χ2n) is 10.1. The van der Waals surface area contributed by atoms with Gasteiger partial charge in [0, 0.05) is 11.8 Å². The third kappa shape index (κ3) is 5.70. The smallest absolute Gasteiger partial charge is 0.178 e. The van der Waals surface area contributed by atoms with Gasteiger partial charge in [0.25, 0.3) is 0 Å². The fourth-order valence-corrected chi connectivity index (χ4v) is 5.39. The molecule has 0 aliphatic rings. The summed E-state index contributed by atoms with van der Waals surface area (Å²) in [5.41, 5.74) is 4.64. The molecule has 0 radical (unpaired) electrons. The number of carbonyl (C=O) groups is 1. The summed E-state index contributed by atoms with van der Waals surface area (Å²) in [7, 11) is 0. The van der Waals surface area contributed by atoms with Gasteiger partial charge < -0.3 is 0 Å². The minimum Gasteiger partial charge on any atom is -0.290 e. The topological polar surface area (TPSA) is 17.1 Å². The van der Waals surface area contributed by atoms with Gasteiger partial charge in [0.2, 0.25) is 0 Å². The first-order valence-electron chi connectivity index (χ1n) is 13.7. The van der Waals surface area contributed by atoms with Crippen LogP contribution in [0.4, 0.5) is 0 Å². The highest BCUT2D eigenvalue weighted by Gasteiger charge is 2.14. The summed E-state index contributed by atoms with van der Waals surface area (Å²) in [5, 5.41) is 4.81. The average molecular weight is 515 g/mol. The van der Waals surface area contributed by atoms with E-state index in [1.165, 1.54) is 21.5 Å². The summed E-state index contributed by atoms with van der Waals surface area (Å²) in [6, 6.07) is 50.6. The first-order chi connectivity index (χ1) is 19.7. The highest BCUT2D eigenvalue weighted by atomic mass is 16.1. The summed E-state index contributed by atoms with van der Waals surface area (Å²) in [4.78, 5) is 13.2. The van der Waals surface area contributed by atoms with Crippen LogP contribution in [0.5, 0.6) is 0 Å². The van der Waals surface area contributed by atoms with Crippen LogP contribution < -0.4 is 0 Å². The third-order valence-corrected chi connectivity index (χ3v) is 7.49. The molecule has 2 atom stereocenters. The Bertz CT molecular complexity index is 1680. The van der Waals surface area contributed by atoms with Crippen molar-refractivity contribution in [3.05, 3.63) is 192 Å². The van der Waals surface area contributed by atoms with Crippen molar-refractivity contribution >= 4 is 27.3 Å². The quantitative estimate of drug-likeness (QED) is 0.185. The highest BCUT2D eigenvalue weighted by Crippen LogP contribution is 2.30. The largest absolute Gasteiger partial charge is 0.290 e. The molecule has 0 aliphatic carbocycles. The normalized spacial score (nSPS) is 13.2. The molecule has 0 amide bonds. The number of rotatable bonds is 8. The lowest BCUT2D eigenvalue weighted by atomic mass is 9.88. The monoisotopic (exact) mass is 514 g/mol. The van der Waals surface area contributed by atoms with Crippen LogP contribution in [0.1, 0.15) is 34.1 Å². The number of carbonyl (C=O) groups excluding carboxylic acids is 1. The summed E-state index contributed by atoms with van der Waals surface area (Å²) in [5.74, 6) is -0.0643. The van der Waals surface area contributed by atoms with Crippen LogP contribution in [-0.2, 0) is 4.79 Å². The van der Waals surface area contributed by atoms with Crippen molar-refractivity contribution < 1.29 is 4.79 Å². The molecule has 0 fully saturated rings. The summed E-state index contributed by atoms with van der Waals surface area (Å²) in [6.45, 7) is 0. The molecule has 0 aromatic heterocycles. The van der Waals surface area contributed by atoms with Crippen molar-refractivity contribution in [2.24, 2.45) is 0 Å². The van der Waals surface area contributed by atoms with Crippen molar-refractivity contribution in [1.29, 1.82) is 0 Å². The number of ketones is 1. The fourth-order valence-electron chi connectivity index (χ4n) is 5.39. The average Bonchev–Trinajstić information content (AvgIpc) is 3.02. The van der Waals surface area contributed by atoms with Crippen LogP contribution in [0, 0.1) is 0 Å². The molecule has 0 heterocycles. The zero-order valence-corrected chi connectivity index (χ0v) is 22.2. The molecular weight excluding hydrogens is 484 g/mol. The molecule has 0 spiro atoms. The Kier molecular flexibility index (Phi) is 7.46. The lowest BCUT2D eigenvalue weighted by Gasteiger charge is -2.15.